The molecule has 1 aliphatic heterocycles. The molecule has 2 rings (SSSR count). The SMILES string of the molecule is COc1ccccc1COC[C@@H](O)CN1CCCC[C@@H]1CO. The number of β-amino-alcohol motifs (C(OH)–C–C–N with tert-alkyl or cyclic N) is 1. The van der Waals surface area contributed by atoms with E-state index in [4.69, 9.17) is 9.47 Å². The zero-order chi connectivity index (χ0) is 15.8. The molecule has 0 saturated carbocycles. The van der Waals surface area contributed by atoms with E-state index < -0.39 is 6.10 Å². The molecule has 5 heteroatoms. The molecular formula is C17H27NO4. The summed E-state index contributed by atoms with van der Waals surface area (Å²) in [5.74, 6) is 0.799. The Balaban J connectivity index is 1.74. The molecule has 1 heterocycles. The third-order valence-electron chi connectivity index (χ3n) is 4.17. The molecule has 0 spiro atoms. The van der Waals surface area contributed by atoms with Crippen molar-refractivity contribution in [3.05, 3.63) is 29.8 Å². The van der Waals surface area contributed by atoms with Crippen LogP contribution in [0.4, 0.5) is 0 Å². The van der Waals surface area contributed by atoms with Crippen molar-refractivity contribution >= 4 is 0 Å². The zero-order valence-electron chi connectivity index (χ0n) is 13.3. The highest BCUT2D eigenvalue weighted by Gasteiger charge is 2.23. The van der Waals surface area contributed by atoms with Crippen LogP contribution >= 0.6 is 0 Å². The Hall–Kier alpha value is -1.14. The lowest BCUT2D eigenvalue weighted by molar-refractivity contribution is -0.0109. The topological polar surface area (TPSA) is 62.2 Å². The van der Waals surface area contributed by atoms with Crippen molar-refractivity contribution in [3.8, 4) is 5.75 Å². The minimum absolute atomic E-state index is 0.161. The van der Waals surface area contributed by atoms with Crippen LogP contribution in [-0.4, -0.2) is 60.7 Å². The molecular weight excluding hydrogens is 282 g/mol. The second kappa shape index (κ2) is 9.10. The van der Waals surface area contributed by atoms with Crippen molar-refractivity contribution in [2.75, 3.05) is 33.4 Å². The Morgan fingerprint density at radius 3 is 2.91 bits per heavy atom. The van der Waals surface area contributed by atoms with Gasteiger partial charge in [-0.15, -0.1) is 0 Å². The number of ether oxygens (including phenoxy) is 2. The predicted octanol–water partition coefficient (Wildman–Crippen LogP) is 1.42. The van der Waals surface area contributed by atoms with Gasteiger partial charge in [0, 0.05) is 18.2 Å². The van der Waals surface area contributed by atoms with Crippen LogP contribution in [0.5, 0.6) is 5.75 Å². The molecule has 2 N–H and O–H groups in total. The lowest BCUT2D eigenvalue weighted by Crippen LogP contribution is -2.46. The molecule has 0 amide bonds. The third-order valence-corrected chi connectivity index (χ3v) is 4.17. The standard InChI is InChI=1S/C17H27NO4/c1-21-17-8-3-2-6-14(17)12-22-13-16(20)10-18-9-5-4-7-15(18)11-19/h2-3,6,8,15-16,19-20H,4-5,7,9-13H2,1H3/t15-,16+/m1/s1. The van der Waals surface area contributed by atoms with E-state index in [0.717, 1.165) is 37.1 Å². The van der Waals surface area contributed by atoms with Crippen LogP contribution in [0, 0.1) is 0 Å². The molecule has 0 unspecified atom stereocenters. The Bertz CT molecular complexity index is 440. The predicted molar refractivity (Wildman–Crippen MR) is 85.0 cm³/mol. The molecule has 124 valence electrons. The number of rotatable bonds is 8. The third kappa shape index (κ3) is 4.95. The number of aliphatic hydroxyl groups excluding tert-OH is 2. The Morgan fingerprint density at radius 2 is 2.14 bits per heavy atom. The van der Waals surface area contributed by atoms with E-state index in [2.05, 4.69) is 4.90 Å². The average molecular weight is 309 g/mol. The van der Waals surface area contributed by atoms with Gasteiger partial charge in [-0.25, -0.2) is 0 Å². The summed E-state index contributed by atoms with van der Waals surface area (Å²) in [6.45, 7) is 2.36. The Morgan fingerprint density at radius 1 is 1.32 bits per heavy atom. The number of hydrogen-bond donors (Lipinski definition) is 2. The van der Waals surface area contributed by atoms with Gasteiger partial charge >= 0.3 is 0 Å². The highest BCUT2D eigenvalue weighted by molar-refractivity contribution is 5.32. The second-order valence-corrected chi connectivity index (χ2v) is 5.81. The summed E-state index contributed by atoms with van der Waals surface area (Å²) in [6, 6.07) is 7.89. The summed E-state index contributed by atoms with van der Waals surface area (Å²) >= 11 is 0. The maximum atomic E-state index is 10.1. The number of benzene rings is 1. The van der Waals surface area contributed by atoms with Crippen LogP contribution in [-0.2, 0) is 11.3 Å². The minimum Gasteiger partial charge on any atom is -0.496 e. The molecule has 2 atom stereocenters. The fourth-order valence-corrected chi connectivity index (χ4v) is 2.96. The zero-order valence-corrected chi connectivity index (χ0v) is 13.3. The number of para-hydroxylation sites is 1. The number of piperidine rings is 1. The highest BCUT2D eigenvalue weighted by Crippen LogP contribution is 2.19. The summed E-state index contributed by atoms with van der Waals surface area (Å²) in [7, 11) is 1.64. The first kappa shape index (κ1) is 17.2. The molecule has 0 aromatic heterocycles. The molecule has 22 heavy (non-hydrogen) atoms. The Labute approximate surface area is 132 Å². The van der Waals surface area contributed by atoms with Crippen molar-refractivity contribution < 1.29 is 19.7 Å². The van der Waals surface area contributed by atoms with Crippen LogP contribution in [0.3, 0.4) is 0 Å². The minimum atomic E-state index is -0.540. The van der Waals surface area contributed by atoms with Crippen LogP contribution in [0.1, 0.15) is 24.8 Å². The first-order chi connectivity index (χ1) is 10.7. The van der Waals surface area contributed by atoms with Crippen molar-refractivity contribution in [3.63, 3.8) is 0 Å². The fourth-order valence-electron chi connectivity index (χ4n) is 2.96. The smallest absolute Gasteiger partial charge is 0.124 e. The lowest BCUT2D eigenvalue weighted by Gasteiger charge is -2.35. The molecule has 0 radical (unpaired) electrons. The van der Waals surface area contributed by atoms with Gasteiger partial charge < -0.3 is 19.7 Å². The molecule has 0 aliphatic carbocycles. The van der Waals surface area contributed by atoms with E-state index in [0.29, 0.717) is 13.2 Å². The van der Waals surface area contributed by atoms with Gasteiger partial charge in [0.1, 0.15) is 5.75 Å². The highest BCUT2D eigenvalue weighted by atomic mass is 16.5. The van der Waals surface area contributed by atoms with E-state index in [-0.39, 0.29) is 19.3 Å². The number of nitrogens with zero attached hydrogens (tertiary/aromatic N) is 1. The number of likely N-dealkylation sites (tertiary alicyclic amines) is 1. The largest absolute Gasteiger partial charge is 0.496 e. The normalized spacial score (nSPS) is 20.8. The molecule has 1 saturated heterocycles. The van der Waals surface area contributed by atoms with Gasteiger partial charge in [0.25, 0.3) is 0 Å². The van der Waals surface area contributed by atoms with Gasteiger partial charge in [0.2, 0.25) is 0 Å². The number of hydrogen-bond acceptors (Lipinski definition) is 5. The van der Waals surface area contributed by atoms with Crippen molar-refractivity contribution in [1.29, 1.82) is 0 Å². The summed E-state index contributed by atoms with van der Waals surface area (Å²) in [5, 5.41) is 19.5. The molecule has 5 nitrogen and oxygen atoms in total. The molecule has 0 bridgehead atoms. The van der Waals surface area contributed by atoms with Crippen molar-refractivity contribution in [2.24, 2.45) is 0 Å². The van der Waals surface area contributed by atoms with E-state index in [1.54, 1.807) is 7.11 Å². The summed E-state index contributed by atoms with van der Waals surface area (Å²) in [6.07, 6.45) is 2.75. The van der Waals surface area contributed by atoms with Crippen LogP contribution in [0.15, 0.2) is 24.3 Å². The second-order valence-electron chi connectivity index (χ2n) is 5.81. The van der Waals surface area contributed by atoms with E-state index >= 15 is 0 Å². The van der Waals surface area contributed by atoms with Gasteiger partial charge in [0.15, 0.2) is 0 Å². The van der Waals surface area contributed by atoms with Crippen LogP contribution < -0.4 is 4.74 Å². The number of aliphatic hydroxyl groups is 2. The quantitative estimate of drug-likeness (QED) is 0.760. The van der Waals surface area contributed by atoms with Gasteiger partial charge in [0.05, 0.1) is 33.0 Å². The van der Waals surface area contributed by atoms with Gasteiger partial charge in [-0.1, -0.05) is 24.6 Å². The molecule has 1 aliphatic rings. The Kier molecular flexibility index (Phi) is 7.12. The van der Waals surface area contributed by atoms with Gasteiger partial charge in [-0.2, -0.15) is 0 Å². The summed E-state index contributed by atoms with van der Waals surface area (Å²) < 4.78 is 10.9. The fraction of sp³-hybridized carbons (Fsp3) is 0.647. The number of methoxy groups -OCH3 is 1. The van der Waals surface area contributed by atoms with Crippen molar-refractivity contribution in [1.82, 2.24) is 4.90 Å². The average Bonchev–Trinajstić information content (AvgIpc) is 2.55. The maximum Gasteiger partial charge on any atom is 0.124 e. The van der Waals surface area contributed by atoms with E-state index in [1.165, 1.54) is 0 Å². The van der Waals surface area contributed by atoms with Gasteiger partial charge in [-0.05, 0) is 25.5 Å². The van der Waals surface area contributed by atoms with E-state index in [1.807, 2.05) is 24.3 Å². The lowest BCUT2D eigenvalue weighted by atomic mass is 10.0. The van der Waals surface area contributed by atoms with Gasteiger partial charge in [-0.3, -0.25) is 4.90 Å². The van der Waals surface area contributed by atoms with Crippen LogP contribution in [0.25, 0.3) is 0 Å². The first-order valence-corrected chi connectivity index (χ1v) is 7.97. The first-order valence-electron chi connectivity index (χ1n) is 7.97. The molecule has 1 aromatic carbocycles. The molecule has 1 aromatic rings. The van der Waals surface area contributed by atoms with Crippen LogP contribution in [0.2, 0.25) is 0 Å². The van der Waals surface area contributed by atoms with E-state index in [9.17, 15) is 10.2 Å². The molecule has 1 fully saturated rings. The maximum absolute atomic E-state index is 10.1. The monoisotopic (exact) mass is 309 g/mol. The van der Waals surface area contributed by atoms with Crippen molar-refractivity contribution in [2.45, 2.75) is 38.0 Å². The summed E-state index contributed by atoms with van der Waals surface area (Å²) in [4.78, 5) is 2.17. The summed E-state index contributed by atoms with van der Waals surface area (Å²) in [5.41, 5.74) is 0.975.